The monoisotopic (exact) mass is 186 g/mol. The molecule has 70 valence electrons. The van der Waals surface area contributed by atoms with Gasteiger partial charge in [-0.3, -0.25) is 0 Å². The Bertz CT molecular complexity index is 166. The van der Waals surface area contributed by atoms with Crippen LogP contribution in [0.2, 0.25) is 0 Å². The van der Waals surface area contributed by atoms with Gasteiger partial charge < -0.3 is 0 Å². The maximum atomic E-state index is 6.46. The standard InChI is InChI=1S/C11H19Cl/c1-8(2)11-5-3-9(4-6-11)7-10(11)12/h8-10H,3-7H2,1-2H3. The third-order valence-corrected chi connectivity index (χ3v) is 4.96. The van der Waals surface area contributed by atoms with Gasteiger partial charge in [0, 0.05) is 5.38 Å². The molecule has 2 bridgehead atoms. The molecule has 0 aromatic heterocycles. The Hall–Kier alpha value is 0.290. The molecule has 0 nitrogen and oxygen atoms in total. The summed E-state index contributed by atoms with van der Waals surface area (Å²) in [5.41, 5.74) is 0.510. The zero-order valence-corrected chi connectivity index (χ0v) is 8.90. The van der Waals surface area contributed by atoms with Crippen LogP contribution in [-0.2, 0) is 0 Å². The van der Waals surface area contributed by atoms with Crippen LogP contribution in [0.3, 0.4) is 0 Å². The van der Waals surface area contributed by atoms with Crippen molar-refractivity contribution in [3.63, 3.8) is 0 Å². The second-order valence-corrected chi connectivity index (χ2v) is 5.56. The van der Waals surface area contributed by atoms with E-state index in [9.17, 15) is 0 Å². The van der Waals surface area contributed by atoms with Gasteiger partial charge in [-0.1, -0.05) is 13.8 Å². The van der Waals surface area contributed by atoms with E-state index >= 15 is 0 Å². The molecule has 3 fully saturated rings. The van der Waals surface area contributed by atoms with E-state index in [2.05, 4.69) is 13.8 Å². The Morgan fingerprint density at radius 2 is 1.83 bits per heavy atom. The Morgan fingerprint density at radius 1 is 1.25 bits per heavy atom. The van der Waals surface area contributed by atoms with E-state index in [1.165, 1.54) is 32.1 Å². The average molecular weight is 187 g/mol. The van der Waals surface area contributed by atoms with Gasteiger partial charge in [0.2, 0.25) is 0 Å². The Kier molecular flexibility index (Phi) is 2.15. The maximum Gasteiger partial charge on any atom is 0.0397 e. The number of hydrogen-bond donors (Lipinski definition) is 0. The molecule has 0 aromatic rings. The van der Waals surface area contributed by atoms with Crippen LogP contribution in [0.5, 0.6) is 0 Å². The van der Waals surface area contributed by atoms with E-state index in [4.69, 9.17) is 11.6 Å². The minimum Gasteiger partial charge on any atom is -0.122 e. The maximum absolute atomic E-state index is 6.46. The average Bonchev–Trinajstić information content (AvgIpc) is 2.05. The summed E-state index contributed by atoms with van der Waals surface area (Å²) < 4.78 is 0. The topological polar surface area (TPSA) is 0 Å². The first-order chi connectivity index (χ1) is 5.65. The molecular weight excluding hydrogens is 168 g/mol. The largest absolute Gasteiger partial charge is 0.122 e. The Balaban J connectivity index is 2.20. The van der Waals surface area contributed by atoms with Gasteiger partial charge in [-0.25, -0.2) is 0 Å². The molecule has 3 aliphatic rings. The quantitative estimate of drug-likeness (QED) is 0.546. The molecular formula is C11H19Cl. The number of fused-ring (bicyclic) bond motifs is 3. The van der Waals surface area contributed by atoms with E-state index in [1.807, 2.05) is 0 Å². The fourth-order valence-electron chi connectivity index (χ4n) is 3.23. The van der Waals surface area contributed by atoms with Gasteiger partial charge in [0.05, 0.1) is 0 Å². The van der Waals surface area contributed by atoms with Crippen molar-refractivity contribution in [3.05, 3.63) is 0 Å². The van der Waals surface area contributed by atoms with Crippen LogP contribution in [0.25, 0.3) is 0 Å². The summed E-state index contributed by atoms with van der Waals surface area (Å²) in [6.07, 6.45) is 6.97. The van der Waals surface area contributed by atoms with Gasteiger partial charge in [0.25, 0.3) is 0 Å². The zero-order valence-electron chi connectivity index (χ0n) is 8.15. The van der Waals surface area contributed by atoms with Crippen LogP contribution in [0, 0.1) is 17.3 Å². The lowest BCUT2D eigenvalue weighted by Crippen LogP contribution is -2.46. The zero-order chi connectivity index (χ0) is 8.77. The predicted molar refractivity (Wildman–Crippen MR) is 53.5 cm³/mol. The highest BCUT2D eigenvalue weighted by Gasteiger charge is 2.48. The van der Waals surface area contributed by atoms with E-state index < -0.39 is 0 Å². The number of alkyl halides is 1. The van der Waals surface area contributed by atoms with E-state index in [-0.39, 0.29) is 0 Å². The summed E-state index contributed by atoms with van der Waals surface area (Å²) in [4.78, 5) is 0. The summed E-state index contributed by atoms with van der Waals surface area (Å²) in [6, 6.07) is 0. The number of rotatable bonds is 1. The van der Waals surface area contributed by atoms with Gasteiger partial charge in [-0.05, 0) is 49.4 Å². The molecule has 1 unspecified atom stereocenters. The molecule has 0 N–H and O–H groups in total. The van der Waals surface area contributed by atoms with Crippen LogP contribution >= 0.6 is 11.6 Å². The highest BCUT2D eigenvalue weighted by Crippen LogP contribution is 2.56. The molecule has 12 heavy (non-hydrogen) atoms. The first-order valence-corrected chi connectivity index (χ1v) is 5.73. The summed E-state index contributed by atoms with van der Waals surface area (Å²) in [7, 11) is 0. The van der Waals surface area contributed by atoms with Crippen molar-refractivity contribution < 1.29 is 0 Å². The third kappa shape index (κ3) is 1.11. The lowest BCUT2D eigenvalue weighted by molar-refractivity contribution is 0.0272. The summed E-state index contributed by atoms with van der Waals surface area (Å²) in [5.74, 6) is 1.74. The minimum atomic E-state index is 0.477. The molecule has 0 aliphatic heterocycles. The third-order valence-electron chi connectivity index (χ3n) is 4.35. The Morgan fingerprint density at radius 3 is 2.17 bits per heavy atom. The normalized spacial score (nSPS) is 47.0. The van der Waals surface area contributed by atoms with Crippen molar-refractivity contribution >= 4 is 11.6 Å². The first-order valence-electron chi connectivity index (χ1n) is 5.29. The highest BCUT2D eigenvalue weighted by atomic mass is 35.5. The van der Waals surface area contributed by atoms with Gasteiger partial charge in [0.1, 0.15) is 0 Å². The number of hydrogen-bond acceptors (Lipinski definition) is 0. The summed E-state index contributed by atoms with van der Waals surface area (Å²) in [6.45, 7) is 4.70. The predicted octanol–water partition coefficient (Wildman–Crippen LogP) is 3.83. The van der Waals surface area contributed by atoms with Gasteiger partial charge in [-0.15, -0.1) is 11.6 Å². The smallest absolute Gasteiger partial charge is 0.0397 e. The van der Waals surface area contributed by atoms with Gasteiger partial charge >= 0.3 is 0 Å². The van der Waals surface area contributed by atoms with E-state index in [0.717, 1.165) is 11.8 Å². The molecule has 1 heteroatoms. The molecule has 3 rings (SSSR count). The molecule has 0 aromatic carbocycles. The second kappa shape index (κ2) is 2.90. The summed E-state index contributed by atoms with van der Waals surface area (Å²) >= 11 is 6.46. The van der Waals surface area contributed by atoms with Crippen molar-refractivity contribution in [2.75, 3.05) is 0 Å². The first kappa shape index (κ1) is 8.87. The molecule has 0 amide bonds. The van der Waals surface area contributed by atoms with Crippen LogP contribution in [0.1, 0.15) is 46.0 Å². The second-order valence-electron chi connectivity index (χ2n) is 5.03. The van der Waals surface area contributed by atoms with E-state index in [0.29, 0.717) is 10.8 Å². The van der Waals surface area contributed by atoms with Crippen molar-refractivity contribution in [1.29, 1.82) is 0 Å². The fraction of sp³-hybridized carbons (Fsp3) is 1.00. The summed E-state index contributed by atoms with van der Waals surface area (Å²) in [5, 5.41) is 0.477. The van der Waals surface area contributed by atoms with Crippen molar-refractivity contribution in [2.45, 2.75) is 51.3 Å². The van der Waals surface area contributed by atoms with E-state index in [1.54, 1.807) is 0 Å². The lowest BCUT2D eigenvalue weighted by atomic mass is 9.56. The number of halogens is 1. The van der Waals surface area contributed by atoms with Crippen molar-refractivity contribution in [3.8, 4) is 0 Å². The SMILES string of the molecule is CC(C)C12CCC(CC1)CC2Cl. The van der Waals surface area contributed by atoms with Crippen LogP contribution in [-0.4, -0.2) is 5.38 Å². The van der Waals surface area contributed by atoms with Gasteiger partial charge in [-0.2, -0.15) is 0 Å². The minimum absolute atomic E-state index is 0.477. The van der Waals surface area contributed by atoms with Crippen molar-refractivity contribution in [1.82, 2.24) is 0 Å². The van der Waals surface area contributed by atoms with Crippen LogP contribution in [0.15, 0.2) is 0 Å². The molecule has 3 saturated carbocycles. The fourth-order valence-corrected chi connectivity index (χ4v) is 3.95. The Labute approximate surface area is 80.7 Å². The molecule has 0 radical (unpaired) electrons. The molecule has 0 heterocycles. The van der Waals surface area contributed by atoms with Crippen molar-refractivity contribution in [2.24, 2.45) is 17.3 Å². The molecule has 0 saturated heterocycles. The van der Waals surface area contributed by atoms with Gasteiger partial charge in [0.15, 0.2) is 0 Å². The molecule has 1 atom stereocenters. The molecule has 0 spiro atoms. The molecule has 3 aliphatic carbocycles. The highest BCUT2D eigenvalue weighted by molar-refractivity contribution is 6.21. The lowest BCUT2D eigenvalue weighted by Gasteiger charge is -2.52. The van der Waals surface area contributed by atoms with Crippen LogP contribution < -0.4 is 0 Å². The van der Waals surface area contributed by atoms with Crippen LogP contribution in [0.4, 0.5) is 0 Å².